The number of hydrogen-bond donors (Lipinski definition) is 1. The Morgan fingerprint density at radius 3 is 2.50 bits per heavy atom. The Labute approximate surface area is 115 Å². The van der Waals surface area contributed by atoms with Crippen molar-refractivity contribution in [3.05, 3.63) is 23.0 Å². The van der Waals surface area contributed by atoms with Crippen molar-refractivity contribution >= 4 is 17.2 Å². The van der Waals surface area contributed by atoms with Gasteiger partial charge in [0.15, 0.2) is 0 Å². The van der Waals surface area contributed by atoms with E-state index in [1.165, 1.54) is 0 Å². The molecule has 0 bridgehead atoms. The van der Waals surface area contributed by atoms with Gasteiger partial charge in [0, 0.05) is 11.8 Å². The molecule has 0 fully saturated rings. The number of nitrogens with zero attached hydrogens (tertiary/aromatic N) is 1. The predicted octanol–water partition coefficient (Wildman–Crippen LogP) is 3.15. The highest BCUT2D eigenvalue weighted by Gasteiger charge is 2.15. The van der Waals surface area contributed by atoms with E-state index in [1.807, 2.05) is 19.9 Å². The summed E-state index contributed by atoms with van der Waals surface area (Å²) in [7, 11) is 0. The first-order valence-electron chi connectivity index (χ1n) is 6.26. The van der Waals surface area contributed by atoms with Crippen LogP contribution in [0, 0.1) is 19.8 Å². The Bertz CT molecular complexity index is 444. The molecular weight excluding hydrogens is 244 g/mol. The molecule has 0 aliphatic carbocycles. The minimum absolute atomic E-state index is 0.138. The molecule has 0 aromatic carbocycles. The smallest absolute Gasteiger partial charge is 0.133 e. The van der Waals surface area contributed by atoms with Crippen LogP contribution in [0.4, 0.5) is 0 Å². The molecule has 18 heavy (non-hydrogen) atoms. The van der Waals surface area contributed by atoms with Crippen LogP contribution in [-0.4, -0.2) is 16.1 Å². The van der Waals surface area contributed by atoms with Gasteiger partial charge in [0.2, 0.25) is 0 Å². The first kappa shape index (κ1) is 14.9. The van der Waals surface area contributed by atoms with Crippen molar-refractivity contribution in [1.29, 1.82) is 0 Å². The highest BCUT2D eigenvalue weighted by Crippen LogP contribution is 2.24. The molecule has 0 aliphatic rings. The van der Waals surface area contributed by atoms with Crippen molar-refractivity contribution < 1.29 is 4.74 Å². The molecule has 0 radical (unpaired) electrons. The zero-order valence-electron chi connectivity index (χ0n) is 11.8. The molecule has 0 spiro atoms. The summed E-state index contributed by atoms with van der Waals surface area (Å²) in [6.45, 7) is 10.3. The standard InChI is InChI=1S/C14H22N2OS/c1-8(2)6-10(4)17-12-7-9(3)16-11(5)13(12)14(15)18/h7-8,10H,6H2,1-5H3,(H2,15,18). The topological polar surface area (TPSA) is 48.1 Å². The monoisotopic (exact) mass is 266 g/mol. The van der Waals surface area contributed by atoms with E-state index in [1.54, 1.807) is 0 Å². The van der Waals surface area contributed by atoms with E-state index in [4.69, 9.17) is 22.7 Å². The van der Waals surface area contributed by atoms with Gasteiger partial charge in [0.1, 0.15) is 10.7 Å². The van der Waals surface area contributed by atoms with E-state index in [0.717, 1.165) is 29.1 Å². The maximum atomic E-state index is 5.97. The molecule has 3 nitrogen and oxygen atoms in total. The number of ether oxygens (including phenoxy) is 1. The minimum atomic E-state index is 0.138. The third-order valence-corrected chi connectivity index (χ3v) is 2.87. The molecule has 2 N–H and O–H groups in total. The highest BCUT2D eigenvalue weighted by atomic mass is 32.1. The lowest BCUT2D eigenvalue weighted by Crippen LogP contribution is -2.20. The Hall–Kier alpha value is -1.16. The third kappa shape index (κ3) is 3.95. The summed E-state index contributed by atoms with van der Waals surface area (Å²) in [5, 5.41) is 0. The average molecular weight is 266 g/mol. The maximum Gasteiger partial charge on any atom is 0.133 e. The summed E-state index contributed by atoms with van der Waals surface area (Å²) < 4.78 is 5.97. The zero-order chi connectivity index (χ0) is 13.9. The Balaban J connectivity index is 3.03. The maximum absolute atomic E-state index is 5.97. The van der Waals surface area contributed by atoms with Gasteiger partial charge in [0.25, 0.3) is 0 Å². The van der Waals surface area contributed by atoms with Crippen LogP contribution in [0.5, 0.6) is 5.75 Å². The molecule has 0 amide bonds. The minimum Gasteiger partial charge on any atom is -0.490 e. The Morgan fingerprint density at radius 2 is 2.00 bits per heavy atom. The van der Waals surface area contributed by atoms with Crippen molar-refractivity contribution in [2.75, 3.05) is 0 Å². The van der Waals surface area contributed by atoms with Gasteiger partial charge in [-0.15, -0.1) is 0 Å². The molecule has 100 valence electrons. The molecular formula is C14H22N2OS. The molecule has 1 atom stereocenters. The van der Waals surface area contributed by atoms with Crippen LogP contribution in [0.3, 0.4) is 0 Å². The molecule has 4 heteroatoms. The molecule has 1 unspecified atom stereocenters. The molecule has 1 heterocycles. The average Bonchev–Trinajstić information content (AvgIpc) is 2.12. The lowest BCUT2D eigenvalue weighted by atomic mass is 10.1. The fourth-order valence-electron chi connectivity index (χ4n) is 2.11. The number of rotatable bonds is 5. The molecule has 0 saturated heterocycles. The van der Waals surface area contributed by atoms with Gasteiger partial charge in [-0.25, -0.2) is 0 Å². The number of aryl methyl sites for hydroxylation is 2. The van der Waals surface area contributed by atoms with Crippen molar-refractivity contribution in [3.63, 3.8) is 0 Å². The number of aromatic nitrogens is 1. The first-order valence-corrected chi connectivity index (χ1v) is 6.66. The number of hydrogen-bond acceptors (Lipinski definition) is 3. The lowest BCUT2D eigenvalue weighted by Gasteiger charge is -2.20. The van der Waals surface area contributed by atoms with Crippen LogP contribution in [0.15, 0.2) is 6.07 Å². The molecule has 0 aliphatic heterocycles. The van der Waals surface area contributed by atoms with Crippen molar-refractivity contribution in [2.45, 2.75) is 47.1 Å². The van der Waals surface area contributed by atoms with Gasteiger partial charge in [0.05, 0.1) is 17.4 Å². The van der Waals surface area contributed by atoms with Crippen LogP contribution in [0.25, 0.3) is 0 Å². The number of pyridine rings is 1. The SMILES string of the molecule is Cc1cc(OC(C)CC(C)C)c(C(N)=S)c(C)n1. The second kappa shape index (κ2) is 6.14. The predicted molar refractivity (Wildman–Crippen MR) is 79.1 cm³/mol. The Morgan fingerprint density at radius 1 is 1.39 bits per heavy atom. The first-order chi connectivity index (χ1) is 8.31. The third-order valence-electron chi connectivity index (χ3n) is 2.67. The van der Waals surface area contributed by atoms with Gasteiger partial charge >= 0.3 is 0 Å². The summed E-state index contributed by atoms with van der Waals surface area (Å²) in [4.78, 5) is 4.72. The van der Waals surface area contributed by atoms with Crippen molar-refractivity contribution in [2.24, 2.45) is 11.7 Å². The van der Waals surface area contributed by atoms with Gasteiger partial charge in [-0.1, -0.05) is 26.1 Å². The molecule has 1 rings (SSSR count). The van der Waals surface area contributed by atoms with Crippen molar-refractivity contribution in [3.8, 4) is 5.75 Å². The summed E-state index contributed by atoms with van der Waals surface area (Å²) in [6.07, 6.45) is 1.14. The van der Waals surface area contributed by atoms with Gasteiger partial charge in [-0.3, -0.25) is 4.98 Å². The van der Waals surface area contributed by atoms with E-state index in [9.17, 15) is 0 Å². The number of thiocarbonyl (C=S) groups is 1. The zero-order valence-corrected chi connectivity index (χ0v) is 12.6. The van der Waals surface area contributed by atoms with Gasteiger partial charge < -0.3 is 10.5 Å². The van der Waals surface area contributed by atoms with E-state index >= 15 is 0 Å². The fraction of sp³-hybridized carbons (Fsp3) is 0.571. The molecule has 0 saturated carbocycles. The molecule has 1 aromatic rings. The van der Waals surface area contributed by atoms with Crippen molar-refractivity contribution in [1.82, 2.24) is 4.98 Å². The van der Waals surface area contributed by atoms with Crippen LogP contribution in [0.2, 0.25) is 0 Å². The summed E-state index contributed by atoms with van der Waals surface area (Å²) in [5.41, 5.74) is 8.25. The van der Waals surface area contributed by atoms with E-state index in [-0.39, 0.29) is 6.10 Å². The fourth-order valence-corrected chi connectivity index (χ4v) is 2.36. The van der Waals surface area contributed by atoms with Gasteiger partial charge in [-0.2, -0.15) is 0 Å². The molecule has 1 aromatic heterocycles. The van der Waals surface area contributed by atoms with E-state index in [2.05, 4.69) is 25.8 Å². The second-order valence-electron chi connectivity index (χ2n) is 5.14. The quantitative estimate of drug-likeness (QED) is 0.832. The summed E-state index contributed by atoms with van der Waals surface area (Å²) >= 11 is 5.08. The largest absolute Gasteiger partial charge is 0.490 e. The van der Waals surface area contributed by atoms with Crippen LogP contribution < -0.4 is 10.5 Å². The normalized spacial score (nSPS) is 12.6. The van der Waals surface area contributed by atoms with Crippen LogP contribution >= 0.6 is 12.2 Å². The van der Waals surface area contributed by atoms with Crippen LogP contribution in [-0.2, 0) is 0 Å². The second-order valence-corrected chi connectivity index (χ2v) is 5.58. The van der Waals surface area contributed by atoms with Crippen LogP contribution in [0.1, 0.15) is 44.1 Å². The number of nitrogens with two attached hydrogens (primary N) is 1. The van der Waals surface area contributed by atoms with E-state index < -0.39 is 0 Å². The Kier molecular flexibility index (Phi) is 5.08. The van der Waals surface area contributed by atoms with Gasteiger partial charge in [-0.05, 0) is 33.1 Å². The lowest BCUT2D eigenvalue weighted by molar-refractivity contribution is 0.192. The summed E-state index contributed by atoms with van der Waals surface area (Å²) in [6, 6.07) is 1.90. The summed E-state index contributed by atoms with van der Waals surface area (Å²) in [5.74, 6) is 1.35. The van der Waals surface area contributed by atoms with E-state index in [0.29, 0.717) is 10.9 Å². The highest BCUT2D eigenvalue weighted by molar-refractivity contribution is 7.80.